The normalized spacial score (nSPS) is 13.1. The Bertz CT molecular complexity index is 320. The summed E-state index contributed by atoms with van der Waals surface area (Å²) in [7, 11) is 3.68. The highest BCUT2D eigenvalue weighted by molar-refractivity contribution is 5.27. The molecule has 1 atom stereocenters. The fourth-order valence-corrected chi connectivity index (χ4v) is 1.88. The van der Waals surface area contributed by atoms with Crippen LogP contribution in [0, 0.1) is 13.8 Å². The van der Waals surface area contributed by atoms with Gasteiger partial charge in [-0.05, 0) is 27.8 Å². The molecule has 1 aromatic heterocycles. The number of hydrogen-bond donors (Lipinski definition) is 1. The summed E-state index contributed by atoms with van der Waals surface area (Å²) in [5.74, 6) is 0. The number of nitrogens with zero attached hydrogens (tertiary/aromatic N) is 2. The molecular weight excluding hydrogens is 190 g/mol. The van der Waals surface area contributed by atoms with Crippen LogP contribution in [0.4, 0.5) is 0 Å². The molecule has 0 spiro atoms. The maximum absolute atomic E-state index is 5.06. The summed E-state index contributed by atoms with van der Waals surface area (Å²) in [5, 5.41) is 7.76. The Morgan fingerprint density at radius 1 is 1.47 bits per heavy atom. The molecule has 0 radical (unpaired) electrons. The maximum Gasteiger partial charge on any atom is 0.0658 e. The molecule has 0 aromatic carbocycles. The average molecular weight is 211 g/mol. The monoisotopic (exact) mass is 211 g/mol. The second-order valence-corrected chi connectivity index (χ2v) is 3.81. The van der Waals surface area contributed by atoms with Gasteiger partial charge in [-0.3, -0.25) is 4.68 Å². The van der Waals surface area contributed by atoms with Gasteiger partial charge in [-0.15, -0.1) is 0 Å². The van der Waals surface area contributed by atoms with Crippen molar-refractivity contribution in [3.05, 3.63) is 17.0 Å². The van der Waals surface area contributed by atoms with Gasteiger partial charge in [-0.2, -0.15) is 5.10 Å². The van der Waals surface area contributed by atoms with E-state index in [1.807, 2.05) is 11.7 Å². The van der Waals surface area contributed by atoms with Crippen LogP contribution in [0.15, 0.2) is 0 Å². The number of nitrogens with one attached hydrogen (secondary N) is 1. The minimum absolute atomic E-state index is 0.348. The van der Waals surface area contributed by atoms with Gasteiger partial charge in [0.25, 0.3) is 0 Å². The van der Waals surface area contributed by atoms with Crippen molar-refractivity contribution in [1.82, 2.24) is 15.1 Å². The van der Waals surface area contributed by atoms with Gasteiger partial charge < -0.3 is 10.1 Å². The van der Waals surface area contributed by atoms with Crippen LogP contribution in [0.5, 0.6) is 0 Å². The van der Waals surface area contributed by atoms with Crippen molar-refractivity contribution >= 4 is 0 Å². The summed E-state index contributed by atoms with van der Waals surface area (Å²) < 4.78 is 7.08. The van der Waals surface area contributed by atoms with E-state index in [2.05, 4.69) is 31.2 Å². The van der Waals surface area contributed by atoms with Gasteiger partial charge in [0.2, 0.25) is 0 Å². The Hall–Kier alpha value is -0.870. The number of aromatic nitrogens is 2. The summed E-state index contributed by atoms with van der Waals surface area (Å²) in [6.07, 6.45) is 0. The molecule has 0 bridgehead atoms. The average Bonchev–Trinajstić information content (AvgIpc) is 2.50. The van der Waals surface area contributed by atoms with Gasteiger partial charge in [-0.1, -0.05) is 0 Å². The van der Waals surface area contributed by atoms with E-state index in [0.29, 0.717) is 12.6 Å². The van der Waals surface area contributed by atoms with Gasteiger partial charge >= 0.3 is 0 Å². The molecule has 1 aromatic rings. The first-order valence-corrected chi connectivity index (χ1v) is 5.32. The quantitative estimate of drug-likeness (QED) is 0.800. The zero-order valence-corrected chi connectivity index (χ0v) is 10.3. The number of rotatable bonds is 5. The van der Waals surface area contributed by atoms with Crippen molar-refractivity contribution in [2.24, 2.45) is 0 Å². The summed E-state index contributed by atoms with van der Waals surface area (Å²) in [6, 6.07) is 0.348. The Morgan fingerprint density at radius 2 is 2.13 bits per heavy atom. The number of hydrogen-bond acceptors (Lipinski definition) is 3. The van der Waals surface area contributed by atoms with Crippen LogP contribution in [-0.2, 0) is 11.3 Å². The second-order valence-electron chi connectivity index (χ2n) is 3.81. The third-order valence-electron chi connectivity index (χ3n) is 2.81. The summed E-state index contributed by atoms with van der Waals surface area (Å²) in [4.78, 5) is 0. The molecule has 4 nitrogen and oxygen atoms in total. The SMILES string of the molecule is CNC(C)c1c(C)nn(CCOC)c1C. The molecule has 1 unspecified atom stereocenters. The Kier molecular flexibility index (Phi) is 4.29. The first-order chi connectivity index (χ1) is 7.11. The predicted octanol–water partition coefficient (Wildman–Crippen LogP) is 1.43. The topological polar surface area (TPSA) is 39.1 Å². The summed E-state index contributed by atoms with van der Waals surface area (Å²) in [6.45, 7) is 7.84. The Morgan fingerprint density at radius 3 is 2.67 bits per heavy atom. The van der Waals surface area contributed by atoms with E-state index < -0.39 is 0 Å². The van der Waals surface area contributed by atoms with Crippen LogP contribution in [-0.4, -0.2) is 30.5 Å². The third-order valence-corrected chi connectivity index (χ3v) is 2.81. The highest BCUT2D eigenvalue weighted by Gasteiger charge is 2.15. The molecule has 1 heterocycles. The molecule has 0 saturated carbocycles. The molecule has 0 fully saturated rings. The molecule has 4 heteroatoms. The first-order valence-electron chi connectivity index (χ1n) is 5.32. The van der Waals surface area contributed by atoms with Crippen molar-refractivity contribution in [3.8, 4) is 0 Å². The van der Waals surface area contributed by atoms with Crippen LogP contribution in [0.3, 0.4) is 0 Å². The molecule has 15 heavy (non-hydrogen) atoms. The second kappa shape index (κ2) is 5.28. The lowest BCUT2D eigenvalue weighted by molar-refractivity contribution is 0.182. The zero-order valence-electron chi connectivity index (χ0n) is 10.3. The van der Waals surface area contributed by atoms with Crippen molar-refractivity contribution < 1.29 is 4.74 Å². The molecule has 1 rings (SSSR count). The van der Waals surface area contributed by atoms with E-state index in [9.17, 15) is 0 Å². The smallest absolute Gasteiger partial charge is 0.0658 e. The van der Waals surface area contributed by atoms with Crippen molar-refractivity contribution in [3.63, 3.8) is 0 Å². The number of methoxy groups -OCH3 is 1. The molecule has 0 amide bonds. The van der Waals surface area contributed by atoms with Crippen LogP contribution >= 0.6 is 0 Å². The van der Waals surface area contributed by atoms with E-state index in [1.165, 1.54) is 11.3 Å². The molecule has 0 saturated heterocycles. The fraction of sp³-hybridized carbons (Fsp3) is 0.727. The number of aryl methyl sites for hydroxylation is 1. The fourth-order valence-electron chi connectivity index (χ4n) is 1.88. The summed E-state index contributed by atoms with van der Waals surface area (Å²) in [5.41, 5.74) is 3.63. The lowest BCUT2D eigenvalue weighted by atomic mass is 10.1. The van der Waals surface area contributed by atoms with E-state index in [-0.39, 0.29) is 0 Å². The highest BCUT2D eigenvalue weighted by Crippen LogP contribution is 2.20. The van der Waals surface area contributed by atoms with Crippen LogP contribution in [0.2, 0.25) is 0 Å². The van der Waals surface area contributed by atoms with Gasteiger partial charge in [0, 0.05) is 24.4 Å². The highest BCUT2D eigenvalue weighted by atomic mass is 16.5. The van der Waals surface area contributed by atoms with Gasteiger partial charge in [0.15, 0.2) is 0 Å². The zero-order chi connectivity index (χ0) is 11.4. The lowest BCUT2D eigenvalue weighted by Gasteiger charge is -2.11. The van der Waals surface area contributed by atoms with Gasteiger partial charge in [0.1, 0.15) is 0 Å². The van der Waals surface area contributed by atoms with Gasteiger partial charge in [0.05, 0.1) is 18.8 Å². The van der Waals surface area contributed by atoms with E-state index in [4.69, 9.17) is 4.74 Å². The van der Waals surface area contributed by atoms with Crippen LogP contribution in [0.1, 0.15) is 29.9 Å². The molecule has 0 aliphatic carbocycles. The van der Waals surface area contributed by atoms with Gasteiger partial charge in [-0.25, -0.2) is 0 Å². The van der Waals surface area contributed by atoms with Crippen molar-refractivity contribution in [2.75, 3.05) is 20.8 Å². The van der Waals surface area contributed by atoms with Crippen molar-refractivity contribution in [1.29, 1.82) is 0 Å². The molecule has 1 N–H and O–H groups in total. The third kappa shape index (κ3) is 2.58. The Labute approximate surface area is 91.6 Å². The molecule has 0 aliphatic heterocycles. The van der Waals surface area contributed by atoms with Crippen molar-refractivity contribution in [2.45, 2.75) is 33.4 Å². The summed E-state index contributed by atoms with van der Waals surface area (Å²) >= 11 is 0. The predicted molar refractivity (Wildman–Crippen MR) is 61.1 cm³/mol. The van der Waals surface area contributed by atoms with Crippen LogP contribution < -0.4 is 5.32 Å². The largest absolute Gasteiger partial charge is 0.383 e. The van der Waals surface area contributed by atoms with Crippen LogP contribution in [0.25, 0.3) is 0 Å². The Balaban J connectivity index is 2.93. The lowest BCUT2D eigenvalue weighted by Crippen LogP contribution is -2.14. The molecular formula is C11H21N3O. The molecule has 86 valence electrons. The van der Waals surface area contributed by atoms with E-state index in [0.717, 1.165) is 12.2 Å². The number of ether oxygens (including phenoxy) is 1. The first kappa shape index (κ1) is 12.2. The standard InChI is InChI=1S/C11H21N3O/c1-8(12-4)11-9(2)13-14(10(11)3)6-7-15-5/h8,12H,6-7H2,1-5H3. The minimum atomic E-state index is 0.348. The van der Waals surface area contributed by atoms with E-state index >= 15 is 0 Å². The molecule has 0 aliphatic rings. The maximum atomic E-state index is 5.06. The minimum Gasteiger partial charge on any atom is -0.383 e. The van der Waals surface area contributed by atoms with E-state index in [1.54, 1.807) is 7.11 Å².